The summed E-state index contributed by atoms with van der Waals surface area (Å²) in [6.45, 7) is 5.45. The highest BCUT2D eigenvalue weighted by Gasteiger charge is 2.65. The fraction of sp³-hybridized carbons (Fsp3) is 0.300. The molecule has 148 valence electrons. The SMILES string of the molecule is Cc1ccc(C2=C(C(=O)O)C(C)(C(=O)O)C(C)(C(=O)O)C(C(=O)O)=C2)cc1C. The summed E-state index contributed by atoms with van der Waals surface area (Å²) >= 11 is 0. The molecule has 0 aliphatic heterocycles. The van der Waals surface area contributed by atoms with E-state index in [9.17, 15) is 39.6 Å². The first-order valence-corrected chi connectivity index (χ1v) is 8.28. The Morgan fingerprint density at radius 3 is 1.71 bits per heavy atom. The zero-order chi connectivity index (χ0) is 21.6. The minimum Gasteiger partial charge on any atom is -0.481 e. The number of carboxylic acids is 4. The van der Waals surface area contributed by atoms with Gasteiger partial charge in [-0.05, 0) is 56.0 Å². The van der Waals surface area contributed by atoms with Crippen LogP contribution in [0.15, 0.2) is 35.4 Å². The molecule has 2 atom stereocenters. The first kappa shape index (κ1) is 20.9. The van der Waals surface area contributed by atoms with Crippen LogP contribution in [0.2, 0.25) is 0 Å². The van der Waals surface area contributed by atoms with Crippen LogP contribution in [0, 0.1) is 24.7 Å². The Balaban J connectivity index is 3.08. The second-order valence-corrected chi connectivity index (χ2v) is 7.12. The normalized spacial score (nSPS) is 24.5. The van der Waals surface area contributed by atoms with Crippen LogP contribution in [0.1, 0.15) is 30.5 Å². The molecule has 1 aliphatic rings. The number of carbonyl (C=O) groups is 4. The van der Waals surface area contributed by atoms with Gasteiger partial charge in [0.2, 0.25) is 0 Å². The summed E-state index contributed by atoms with van der Waals surface area (Å²) in [4.78, 5) is 48.2. The van der Waals surface area contributed by atoms with Crippen LogP contribution >= 0.6 is 0 Å². The molecule has 0 spiro atoms. The summed E-state index contributed by atoms with van der Waals surface area (Å²) in [5, 5.41) is 39.1. The summed E-state index contributed by atoms with van der Waals surface area (Å²) in [5.41, 5.74) is -4.61. The number of carboxylic acid groups (broad SMARTS) is 4. The Morgan fingerprint density at radius 2 is 1.32 bits per heavy atom. The summed E-state index contributed by atoms with van der Waals surface area (Å²) in [6, 6.07) is 4.84. The van der Waals surface area contributed by atoms with E-state index in [0.717, 1.165) is 31.1 Å². The van der Waals surface area contributed by atoms with Gasteiger partial charge in [0.25, 0.3) is 0 Å². The van der Waals surface area contributed by atoms with E-state index in [4.69, 9.17) is 0 Å². The Bertz CT molecular complexity index is 984. The van der Waals surface area contributed by atoms with Gasteiger partial charge in [-0.15, -0.1) is 0 Å². The maximum Gasteiger partial charge on any atom is 0.333 e. The molecule has 0 heterocycles. The molecule has 2 unspecified atom stereocenters. The van der Waals surface area contributed by atoms with Gasteiger partial charge in [0.15, 0.2) is 0 Å². The van der Waals surface area contributed by atoms with E-state index in [0.29, 0.717) is 5.56 Å². The number of hydrogen-bond acceptors (Lipinski definition) is 4. The lowest BCUT2D eigenvalue weighted by Crippen LogP contribution is -2.55. The lowest BCUT2D eigenvalue weighted by Gasteiger charge is -2.44. The molecule has 0 aromatic heterocycles. The molecule has 0 bridgehead atoms. The average Bonchev–Trinajstić information content (AvgIpc) is 2.58. The number of aliphatic carboxylic acids is 4. The van der Waals surface area contributed by atoms with Crippen LogP contribution in [0.5, 0.6) is 0 Å². The molecule has 0 radical (unpaired) electrons. The minimum atomic E-state index is -2.54. The van der Waals surface area contributed by atoms with Gasteiger partial charge in [-0.1, -0.05) is 18.2 Å². The Labute approximate surface area is 160 Å². The molecule has 8 heteroatoms. The summed E-state index contributed by atoms with van der Waals surface area (Å²) in [5.74, 6) is -6.76. The fourth-order valence-electron chi connectivity index (χ4n) is 3.54. The highest BCUT2D eigenvalue weighted by Crippen LogP contribution is 2.56. The van der Waals surface area contributed by atoms with Gasteiger partial charge in [0, 0.05) is 0 Å². The molecule has 2 rings (SSSR count). The van der Waals surface area contributed by atoms with Crippen LogP contribution in [0.25, 0.3) is 5.57 Å². The van der Waals surface area contributed by atoms with E-state index in [1.165, 1.54) is 0 Å². The Hall–Kier alpha value is -3.42. The van der Waals surface area contributed by atoms with Crippen molar-refractivity contribution < 1.29 is 39.6 Å². The largest absolute Gasteiger partial charge is 0.481 e. The van der Waals surface area contributed by atoms with Crippen molar-refractivity contribution in [3.8, 4) is 0 Å². The number of aryl methyl sites for hydroxylation is 2. The van der Waals surface area contributed by atoms with Crippen molar-refractivity contribution in [2.75, 3.05) is 0 Å². The van der Waals surface area contributed by atoms with Crippen molar-refractivity contribution in [1.29, 1.82) is 0 Å². The van der Waals surface area contributed by atoms with Crippen molar-refractivity contribution in [3.63, 3.8) is 0 Å². The standard InChI is InChI=1S/C20H20O8/c1-9-5-6-11(7-10(9)2)12-8-13(15(21)22)19(3,17(25)26)20(4,18(27)28)14(12)16(23)24/h5-8H,1-4H3,(H,21,22)(H,23,24)(H,25,26)(H,27,28). The van der Waals surface area contributed by atoms with Gasteiger partial charge in [0.05, 0.1) is 11.1 Å². The smallest absolute Gasteiger partial charge is 0.333 e. The molecule has 1 aromatic rings. The molecule has 4 N–H and O–H groups in total. The van der Waals surface area contributed by atoms with E-state index in [2.05, 4.69) is 0 Å². The lowest BCUT2D eigenvalue weighted by molar-refractivity contribution is -0.168. The van der Waals surface area contributed by atoms with Crippen molar-refractivity contribution in [2.45, 2.75) is 27.7 Å². The first-order chi connectivity index (χ1) is 12.8. The van der Waals surface area contributed by atoms with Crippen molar-refractivity contribution in [2.24, 2.45) is 10.8 Å². The topological polar surface area (TPSA) is 149 Å². The number of allylic oxidation sites excluding steroid dienone is 2. The van der Waals surface area contributed by atoms with Gasteiger partial charge in [0.1, 0.15) is 10.8 Å². The fourth-order valence-corrected chi connectivity index (χ4v) is 3.54. The molecular formula is C20H20O8. The van der Waals surface area contributed by atoms with Crippen molar-refractivity contribution in [3.05, 3.63) is 52.1 Å². The molecule has 28 heavy (non-hydrogen) atoms. The van der Waals surface area contributed by atoms with Crippen LogP contribution in [-0.2, 0) is 19.2 Å². The highest BCUT2D eigenvalue weighted by molar-refractivity contribution is 6.14. The van der Waals surface area contributed by atoms with Crippen molar-refractivity contribution >= 4 is 29.5 Å². The third kappa shape index (κ3) is 2.69. The zero-order valence-electron chi connectivity index (χ0n) is 15.7. The van der Waals surface area contributed by atoms with Crippen LogP contribution in [0.3, 0.4) is 0 Å². The summed E-state index contributed by atoms with van der Waals surface area (Å²) in [6.07, 6.45) is 0.953. The monoisotopic (exact) mass is 388 g/mol. The minimum absolute atomic E-state index is 0.142. The van der Waals surface area contributed by atoms with Gasteiger partial charge in [-0.25, -0.2) is 9.59 Å². The van der Waals surface area contributed by atoms with Crippen molar-refractivity contribution in [1.82, 2.24) is 0 Å². The number of hydrogen-bond donors (Lipinski definition) is 4. The Kier molecular flexibility index (Phi) is 4.95. The molecule has 0 saturated carbocycles. The van der Waals surface area contributed by atoms with Gasteiger partial charge in [-0.2, -0.15) is 0 Å². The quantitative estimate of drug-likeness (QED) is 0.600. The molecule has 0 amide bonds. The van der Waals surface area contributed by atoms with E-state index < -0.39 is 45.9 Å². The Morgan fingerprint density at radius 1 is 0.786 bits per heavy atom. The molecule has 1 aromatic carbocycles. The predicted molar refractivity (Wildman–Crippen MR) is 97.7 cm³/mol. The maximum atomic E-state index is 12.2. The molecule has 0 saturated heterocycles. The van der Waals surface area contributed by atoms with Crippen LogP contribution in [-0.4, -0.2) is 44.3 Å². The highest BCUT2D eigenvalue weighted by atomic mass is 16.4. The first-order valence-electron chi connectivity index (χ1n) is 8.28. The van der Waals surface area contributed by atoms with Gasteiger partial charge >= 0.3 is 23.9 Å². The third-order valence-corrected chi connectivity index (χ3v) is 5.71. The van der Waals surface area contributed by atoms with E-state index >= 15 is 0 Å². The second kappa shape index (κ2) is 6.63. The van der Waals surface area contributed by atoms with Crippen LogP contribution < -0.4 is 0 Å². The predicted octanol–water partition coefficient (Wildman–Crippen LogP) is 2.35. The average molecular weight is 388 g/mol. The van der Waals surface area contributed by atoms with E-state index in [-0.39, 0.29) is 5.57 Å². The van der Waals surface area contributed by atoms with Gasteiger partial charge in [-0.3, -0.25) is 9.59 Å². The van der Waals surface area contributed by atoms with E-state index in [1.54, 1.807) is 25.1 Å². The number of benzene rings is 1. The lowest BCUT2D eigenvalue weighted by atomic mass is 9.54. The van der Waals surface area contributed by atoms with Crippen LogP contribution in [0.4, 0.5) is 0 Å². The third-order valence-electron chi connectivity index (χ3n) is 5.71. The summed E-state index contributed by atoms with van der Waals surface area (Å²) < 4.78 is 0. The second-order valence-electron chi connectivity index (χ2n) is 7.12. The zero-order valence-corrected chi connectivity index (χ0v) is 15.7. The molecular weight excluding hydrogens is 368 g/mol. The van der Waals surface area contributed by atoms with Gasteiger partial charge < -0.3 is 20.4 Å². The summed E-state index contributed by atoms with van der Waals surface area (Å²) in [7, 11) is 0. The number of rotatable bonds is 5. The maximum absolute atomic E-state index is 12.2. The molecule has 8 nitrogen and oxygen atoms in total. The molecule has 1 aliphatic carbocycles. The molecule has 0 fully saturated rings. The van der Waals surface area contributed by atoms with E-state index in [1.807, 2.05) is 6.92 Å².